The second-order valence-electron chi connectivity index (χ2n) is 4.25. The Hall–Kier alpha value is -1.66. The van der Waals surface area contributed by atoms with Crippen molar-refractivity contribution in [3.8, 4) is 0 Å². The van der Waals surface area contributed by atoms with Crippen molar-refractivity contribution in [3.05, 3.63) is 56.5 Å². The van der Waals surface area contributed by atoms with E-state index in [1.54, 1.807) is 0 Å². The van der Waals surface area contributed by atoms with Crippen LogP contribution in [0.5, 0.6) is 0 Å². The highest BCUT2D eigenvalue weighted by Crippen LogP contribution is 2.19. The minimum atomic E-state index is -0.185. The van der Waals surface area contributed by atoms with Gasteiger partial charge in [0.2, 0.25) is 0 Å². The summed E-state index contributed by atoms with van der Waals surface area (Å²) in [6.45, 7) is 1.21. The number of aromatic nitrogens is 2. The lowest BCUT2D eigenvalue weighted by Crippen LogP contribution is -2.21. The Balaban J connectivity index is 2.18. The highest BCUT2D eigenvalue weighted by molar-refractivity contribution is 9.10. The van der Waals surface area contributed by atoms with Gasteiger partial charge in [0.25, 0.3) is 5.56 Å². The number of H-pyrrole nitrogens is 1. The zero-order chi connectivity index (χ0) is 13.8. The zero-order valence-corrected chi connectivity index (χ0v) is 12.1. The molecule has 19 heavy (non-hydrogen) atoms. The average Bonchev–Trinajstić information content (AvgIpc) is 2.42. The van der Waals surface area contributed by atoms with Crippen LogP contribution >= 0.6 is 15.9 Å². The molecule has 0 radical (unpaired) electrons. The van der Waals surface area contributed by atoms with Crippen LogP contribution in [0.15, 0.2) is 39.9 Å². The number of aromatic amines is 1. The molecule has 0 bridgehead atoms. The fourth-order valence-electron chi connectivity index (χ4n) is 1.77. The van der Waals surface area contributed by atoms with Crippen molar-refractivity contribution in [2.24, 2.45) is 5.73 Å². The van der Waals surface area contributed by atoms with Crippen molar-refractivity contribution in [3.63, 3.8) is 0 Å². The second-order valence-corrected chi connectivity index (χ2v) is 5.04. The number of nitrogens with one attached hydrogen (secondary N) is 1. The summed E-state index contributed by atoms with van der Waals surface area (Å²) < 4.78 is 0.441. The minimum Gasteiger partial charge on any atom is -0.354 e. The van der Waals surface area contributed by atoms with E-state index < -0.39 is 0 Å². The van der Waals surface area contributed by atoms with Crippen LogP contribution in [0.1, 0.15) is 11.1 Å². The van der Waals surface area contributed by atoms with Crippen LogP contribution < -0.4 is 16.2 Å². The maximum atomic E-state index is 11.5. The van der Waals surface area contributed by atoms with Crippen molar-refractivity contribution in [2.75, 3.05) is 11.9 Å². The number of anilines is 1. The van der Waals surface area contributed by atoms with Crippen LogP contribution in [0.3, 0.4) is 0 Å². The van der Waals surface area contributed by atoms with Gasteiger partial charge < -0.3 is 15.6 Å². The van der Waals surface area contributed by atoms with Crippen LogP contribution in [-0.2, 0) is 13.1 Å². The predicted octanol–water partition coefficient (Wildman–Crippen LogP) is 1.63. The van der Waals surface area contributed by atoms with E-state index in [2.05, 4.69) is 25.9 Å². The smallest absolute Gasteiger partial charge is 0.267 e. The van der Waals surface area contributed by atoms with Crippen molar-refractivity contribution < 1.29 is 0 Å². The standard InChI is InChI=1S/C13H15BrN4O/c1-18(12-11(14)13(19)17-8-16-12)7-10-4-2-9(6-15)3-5-10/h2-5,8H,6-7,15H2,1H3,(H,16,17,19). The first-order valence-corrected chi connectivity index (χ1v) is 6.63. The van der Waals surface area contributed by atoms with Crippen LogP contribution in [0.25, 0.3) is 0 Å². The first kappa shape index (κ1) is 13.8. The lowest BCUT2D eigenvalue weighted by Gasteiger charge is -2.19. The van der Waals surface area contributed by atoms with E-state index in [9.17, 15) is 4.79 Å². The number of hydrogen-bond acceptors (Lipinski definition) is 4. The Morgan fingerprint density at radius 2 is 1.95 bits per heavy atom. The third kappa shape index (κ3) is 3.21. The SMILES string of the molecule is CN(Cc1ccc(CN)cc1)c1nc[nH]c(=O)c1Br. The molecule has 1 heterocycles. The molecule has 1 aromatic heterocycles. The van der Waals surface area contributed by atoms with E-state index in [0.717, 1.165) is 11.1 Å². The highest BCUT2D eigenvalue weighted by atomic mass is 79.9. The summed E-state index contributed by atoms with van der Waals surface area (Å²) in [4.78, 5) is 20.1. The van der Waals surface area contributed by atoms with Gasteiger partial charge in [0.05, 0.1) is 6.33 Å². The lowest BCUT2D eigenvalue weighted by atomic mass is 10.1. The monoisotopic (exact) mass is 322 g/mol. The van der Waals surface area contributed by atoms with Gasteiger partial charge in [0, 0.05) is 20.1 Å². The number of benzene rings is 1. The Morgan fingerprint density at radius 3 is 2.58 bits per heavy atom. The molecule has 0 atom stereocenters. The summed E-state index contributed by atoms with van der Waals surface area (Å²) in [5.74, 6) is 0.617. The largest absolute Gasteiger partial charge is 0.354 e. The molecule has 0 saturated carbocycles. The lowest BCUT2D eigenvalue weighted by molar-refractivity contribution is 0.879. The highest BCUT2D eigenvalue weighted by Gasteiger charge is 2.10. The van der Waals surface area contributed by atoms with Crippen molar-refractivity contribution in [1.29, 1.82) is 0 Å². The number of nitrogens with zero attached hydrogens (tertiary/aromatic N) is 2. The molecule has 0 spiro atoms. The average molecular weight is 323 g/mol. The Kier molecular flexibility index (Phi) is 4.34. The van der Waals surface area contributed by atoms with Crippen LogP contribution in [0, 0.1) is 0 Å². The van der Waals surface area contributed by atoms with E-state index in [4.69, 9.17) is 5.73 Å². The van der Waals surface area contributed by atoms with Crippen LogP contribution in [0.4, 0.5) is 5.82 Å². The van der Waals surface area contributed by atoms with E-state index in [-0.39, 0.29) is 5.56 Å². The number of rotatable bonds is 4. The topological polar surface area (TPSA) is 75.0 Å². The van der Waals surface area contributed by atoms with Gasteiger partial charge in [-0.25, -0.2) is 4.98 Å². The molecule has 2 aromatic rings. The van der Waals surface area contributed by atoms with E-state index in [1.807, 2.05) is 36.2 Å². The summed E-state index contributed by atoms with van der Waals surface area (Å²) >= 11 is 3.25. The first-order chi connectivity index (χ1) is 9.11. The summed E-state index contributed by atoms with van der Waals surface area (Å²) in [5.41, 5.74) is 7.61. The van der Waals surface area contributed by atoms with Gasteiger partial charge in [-0.15, -0.1) is 0 Å². The van der Waals surface area contributed by atoms with Gasteiger partial charge >= 0.3 is 0 Å². The fraction of sp³-hybridized carbons (Fsp3) is 0.231. The van der Waals surface area contributed by atoms with Gasteiger partial charge in [0.15, 0.2) is 0 Å². The van der Waals surface area contributed by atoms with Gasteiger partial charge in [-0.05, 0) is 27.1 Å². The van der Waals surface area contributed by atoms with Crippen LogP contribution in [-0.4, -0.2) is 17.0 Å². The molecule has 3 N–H and O–H groups in total. The number of hydrogen-bond donors (Lipinski definition) is 2. The molecule has 0 unspecified atom stereocenters. The molecule has 6 heteroatoms. The van der Waals surface area contributed by atoms with E-state index in [1.165, 1.54) is 6.33 Å². The van der Waals surface area contributed by atoms with E-state index in [0.29, 0.717) is 23.4 Å². The van der Waals surface area contributed by atoms with Crippen molar-refractivity contribution in [1.82, 2.24) is 9.97 Å². The molecule has 0 saturated heterocycles. The van der Waals surface area contributed by atoms with Crippen molar-refractivity contribution >= 4 is 21.7 Å². The summed E-state index contributed by atoms with van der Waals surface area (Å²) in [6, 6.07) is 8.06. The molecule has 0 amide bonds. The summed E-state index contributed by atoms with van der Waals surface area (Å²) in [5, 5.41) is 0. The third-order valence-electron chi connectivity index (χ3n) is 2.82. The summed E-state index contributed by atoms with van der Waals surface area (Å²) in [7, 11) is 1.89. The molecule has 0 fully saturated rings. The normalized spacial score (nSPS) is 10.5. The van der Waals surface area contributed by atoms with Gasteiger partial charge in [-0.3, -0.25) is 4.79 Å². The molecule has 0 aliphatic carbocycles. The number of halogens is 1. The molecule has 100 valence electrons. The molecular weight excluding hydrogens is 308 g/mol. The molecule has 5 nitrogen and oxygen atoms in total. The first-order valence-electron chi connectivity index (χ1n) is 5.84. The Labute approximate surface area is 119 Å². The van der Waals surface area contributed by atoms with Gasteiger partial charge in [-0.1, -0.05) is 24.3 Å². The summed E-state index contributed by atoms with van der Waals surface area (Å²) in [6.07, 6.45) is 1.40. The molecular formula is C13H15BrN4O. The second kappa shape index (κ2) is 5.99. The maximum absolute atomic E-state index is 11.5. The van der Waals surface area contributed by atoms with Gasteiger partial charge in [0.1, 0.15) is 10.3 Å². The maximum Gasteiger partial charge on any atom is 0.267 e. The van der Waals surface area contributed by atoms with E-state index >= 15 is 0 Å². The van der Waals surface area contributed by atoms with Crippen LogP contribution in [0.2, 0.25) is 0 Å². The number of nitrogens with two attached hydrogens (primary N) is 1. The molecule has 0 aliphatic rings. The predicted molar refractivity (Wildman–Crippen MR) is 79.0 cm³/mol. The quantitative estimate of drug-likeness (QED) is 0.897. The minimum absolute atomic E-state index is 0.185. The van der Waals surface area contributed by atoms with Crippen molar-refractivity contribution in [2.45, 2.75) is 13.1 Å². The molecule has 0 aliphatic heterocycles. The zero-order valence-electron chi connectivity index (χ0n) is 10.6. The Morgan fingerprint density at radius 1 is 1.32 bits per heavy atom. The third-order valence-corrected chi connectivity index (χ3v) is 3.53. The molecule has 1 aromatic carbocycles. The fourth-order valence-corrected chi connectivity index (χ4v) is 2.29. The molecule has 2 rings (SSSR count). The Bertz CT molecular complexity index is 609. The van der Waals surface area contributed by atoms with Gasteiger partial charge in [-0.2, -0.15) is 0 Å².